The number of hydroxylamine groups is 1. The molecule has 2 heterocycles. The van der Waals surface area contributed by atoms with E-state index in [1.165, 1.54) is 44.6 Å². The molecule has 0 bridgehead atoms. The van der Waals surface area contributed by atoms with Crippen molar-refractivity contribution in [3.8, 4) is 0 Å². The number of carbonyl (C=O) groups is 3. The first-order valence-electron chi connectivity index (χ1n) is 13.7. The fraction of sp³-hybridized carbons (Fsp3) is 0.679. The lowest BCUT2D eigenvalue weighted by Crippen LogP contribution is -2.50. The Morgan fingerprint density at radius 3 is 2.39 bits per heavy atom. The molecular weight excluding hydrogens is 458 g/mol. The lowest BCUT2D eigenvalue weighted by molar-refractivity contribution is -0.234. The first-order valence-corrected chi connectivity index (χ1v) is 13.7. The van der Waals surface area contributed by atoms with Gasteiger partial charge in [-0.1, -0.05) is 62.4 Å². The number of rotatable bonds is 7. The van der Waals surface area contributed by atoms with Gasteiger partial charge in [0.05, 0.1) is 0 Å². The third-order valence-corrected chi connectivity index (χ3v) is 7.41. The number of carbonyl (C=O) groups excluding carboxylic acids is 3. The molecule has 2 fully saturated rings. The van der Waals surface area contributed by atoms with Gasteiger partial charge in [0.1, 0.15) is 6.61 Å². The summed E-state index contributed by atoms with van der Waals surface area (Å²) in [6, 6.07) is 10.2. The monoisotopic (exact) mass is 501 g/mol. The Morgan fingerprint density at radius 2 is 1.64 bits per heavy atom. The summed E-state index contributed by atoms with van der Waals surface area (Å²) in [6.45, 7) is 2.99. The van der Waals surface area contributed by atoms with Crippen LogP contribution in [0, 0.1) is 17.8 Å². The molecule has 1 amide bonds. The van der Waals surface area contributed by atoms with Gasteiger partial charge in [0.25, 0.3) is 0 Å². The van der Waals surface area contributed by atoms with Gasteiger partial charge in [-0.25, -0.2) is 10.3 Å². The highest BCUT2D eigenvalue weighted by atomic mass is 16.8. The quantitative estimate of drug-likeness (QED) is 0.387. The van der Waals surface area contributed by atoms with Crippen LogP contribution in [0.25, 0.3) is 0 Å². The average Bonchev–Trinajstić information content (AvgIpc) is 2.88. The van der Waals surface area contributed by atoms with Gasteiger partial charge in [0, 0.05) is 31.8 Å². The van der Waals surface area contributed by atoms with Crippen molar-refractivity contribution < 1.29 is 24.0 Å². The molecule has 3 N–H and O–H groups in total. The van der Waals surface area contributed by atoms with E-state index in [1.54, 1.807) is 0 Å². The number of hydrogen-bond acceptors (Lipinski definition) is 7. The smallest absolute Gasteiger partial charge is 0.310 e. The molecule has 2 aliphatic heterocycles. The highest BCUT2D eigenvalue weighted by Crippen LogP contribution is 2.39. The Hall–Kier alpha value is -2.13. The molecule has 0 spiro atoms. The van der Waals surface area contributed by atoms with Crippen LogP contribution in [0.3, 0.4) is 0 Å². The minimum Gasteiger partial charge on any atom is -0.342 e. The van der Waals surface area contributed by atoms with Crippen molar-refractivity contribution in [3.05, 3.63) is 35.9 Å². The van der Waals surface area contributed by atoms with Crippen LogP contribution in [0.2, 0.25) is 0 Å². The van der Waals surface area contributed by atoms with Crippen molar-refractivity contribution in [3.63, 3.8) is 0 Å². The Morgan fingerprint density at radius 1 is 0.972 bits per heavy atom. The van der Waals surface area contributed by atoms with E-state index in [9.17, 15) is 14.4 Å². The second-order valence-corrected chi connectivity index (χ2v) is 10.1. The van der Waals surface area contributed by atoms with Crippen LogP contribution in [-0.2, 0) is 30.4 Å². The zero-order valence-corrected chi connectivity index (χ0v) is 21.6. The predicted octanol–water partition coefficient (Wildman–Crippen LogP) is 3.65. The number of ketones is 2. The van der Waals surface area contributed by atoms with Crippen molar-refractivity contribution in [2.24, 2.45) is 17.8 Å². The minimum absolute atomic E-state index is 0.0383. The summed E-state index contributed by atoms with van der Waals surface area (Å²) in [5, 5.41) is 0. The molecule has 200 valence electrons. The van der Waals surface area contributed by atoms with Crippen molar-refractivity contribution >= 4 is 17.5 Å². The molecule has 0 radical (unpaired) electrons. The molecule has 4 atom stereocenters. The Bertz CT molecular complexity index is 805. The summed E-state index contributed by atoms with van der Waals surface area (Å²) in [4.78, 5) is 42.2. The number of hydrogen-bond donors (Lipinski definition) is 3. The molecule has 36 heavy (non-hydrogen) atoms. The molecule has 3 rings (SSSR count). The van der Waals surface area contributed by atoms with E-state index in [-0.39, 0.29) is 30.1 Å². The maximum atomic E-state index is 13.3. The minimum atomic E-state index is -0.814. The van der Waals surface area contributed by atoms with Gasteiger partial charge in [-0.15, -0.1) is 0 Å². The lowest BCUT2D eigenvalue weighted by atomic mass is 9.71. The van der Waals surface area contributed by atoms with Crippen LogP contribution in [0.1, 0.15) is 76.7 Å². The van der Waals surface area contributed by atoms with E-state index in [4.69, 9.17) is 9.57 Å². The Kier molecular flexibility index (Phi) is 12.5. The Labute approximate surface area is 215 Å². The second-order valence-electron chi connectivity index (χ2n) is 10.1. The summed E-state index contributed by atoms with van der Waals surface area (Å²) in [5.74, 6) is -1.53. The molecule has 0 saturated carbocycles. The standard InChI is InChI=1S/C28H43N3O5/c1-21(32)27(34)31-36-28-24(17-16-22-12-7-6-8-13-22)26(25(33)20-35-28)23-14-9-4-2-3-5-10-18-29-30-19-11-15-23/h6-8,12-13,23-24,26,28-30H,2-5,9-11,14-20H2,1H3,(H,31,34)/t23-,24+,26?,28?/m1/s1. The fourth-order valence-electron chi connectivity index (χ4n) is 5.46. The maximum absolute atomic E-state index is 13.3. The van der Waals surface area contributed by atoms with E-state index >= 15 is 0 Å². The zero-order valence-electron chi connectivity index (χ0n) is 21.6. The van der Waals surface area contributed by atoms with Crippen molar-refractivity contribution in [1.29, 1.82) is 0 Å². The molecule has 1 aromatic carbocycles. The summed E-state index contributed by atoms with van der Waals surface area (Å²) in [5.41, 5.74) is 10.1. The molecule has 0 aliphatic carbocycles. The first-order chi connectivity index (χ1) is 17.6. The molecular formula is C28H43N3O5. The highest BCUT2D eigenvalue weighted by molar-refractivity contribution is 6.34. The van der Waals surface area contributed by atoms with Crippen LogP contribution in [0.4, 0.5) is 0 Å². The van der Waals surface area contributed by atoms with Gasteiger partial charge >= 0.3 is 5.91 Å². The molecule has 2 aliphatic rings. The van der Waals surface area contributed by atoms with E-state index in [0.717, 1.165) is 45.2 Å². The number of Topliss-reactive ketones (excluding diaryl/α,β-unsaturated/α-hetero) is 2. The molecule has 1 aromatic rings. The van der Waals surface area contributed by atoms with E-state index in [0.29, 0.717) is 6.42 Å². The molecule has 0 aromatic heterocycles. The van der Waals surface area contributed by atoms with E-state index < -0.39 is 18.0 Å². The number of ether oxygens (including phenoxy) is 1. The number of hydrazine groups is 1. The van der Waals surface area contributed by atoms with Gasteiger partial charge in [0.15, 0.2) is 12.1 Å². The predicted molar refractivity (Wildman–Crippen MR) is 137 cm³/mol. The average molecular weight is 502 g/mol. The topological polar surface area (TPSA) is 106 Å². The van der Waals surface area contributed by atoms with Gasteiger partial charge in [-0.3, -0.25) is 25.2 Å². The van der Waals surface area contributed by atoms with Crippen molar-refractivity contribution in [2.45, 2.75) is 83.8 Å². The number of nitrogens with one attached hydrogen (secondary N) is 3. The summed E-state index contributed by atoms with van der Waals surface area (Å²) >= 11 is 0. The number of benzene rings is 1. The lowest BCUT2D eigenvalue weighted by Gasteiger charge is -2.40. The SMILES string of the molecule is CC(=O)C(=O)NOC1OCC(=O)C([C@@H]2CCCCCCCCNNCCC2)[C@@H]1CCc1ccccc1. The van der Waals surface area contributed by atoms with Crippen LogP contribution in [-0.4, -0.2) is 43.5 Å². The van der Waals surface area contributed by atoms with Gasteiger partial charge < -0.3 is 4.74 Å². The van der Waals surface area contributed by atoms with Gasteiger partial charge in [-0.05, 0) is 50.0 Å². The highest BCUT2D eigenvalue weighted by Gasteiger charge is 2.44. The molecule has 2 saturated heterocycles. The van der Waals surface area contributed by atoms with Gasteiger partial charge in [0.2, 0.25) is 5.78 Å². The third kappa shape index (κ3) is 9.39. The Balaban J connectivity index is 1.75. The van der Waals surface area contributed by atoms with Crippen LogP contribution in [0.5, 0.6) is 0 Å². The van der Waals surface area contributed by atoms with Crippen LogP contribution >= 0.6 is 0 Å². The summed E-state index contributed by atoms with van der Waals surface area (Å²) in [7, 11) is 0. The third-order valence-electron chi connectivity index (χ3n) is 7.41. The summed E-state index contributed by atoms with van der Waals surface area (Å²) in [6.07, 6.45) is 10.8. The van der Waals surface area contributed by atoms with Gasteiger partial charge in [-0.2, -0.15) is 0 Å². The zero-order chi connectivity index (χ0) is 25.6. The normalized spacial score (nSPS) is 27.1. The van der Waals surface area contributed by atoms with Crippen LogP contribution in [0.15, 0.2) is 30.3 Å². The fourth-order valence-corrected chi connectivity index (χ4v) is 5.46. The largest absolute Gasteiger partial charge is 0.342 e. The number of amides is 1. The second kappa shape index (κ2) is 15.9. The van der Waals surface area contributed by atoms with Crippen molar-refractivity contribution in [2.75, 3.05) is 19.7 Å². The van der Waals surface area contributed by atoms with E-state index in [2.05, 4.69) is 28.5 Å². The van der Waals surface area contributed by atoms with Crippen LogP contribution < -0.4 is 16.3 Å². The molecule has 2 unspecified atom stereocenters. The van der Waals surface area contributed by atoms with Crippen molar-refractivity contribution in [1.82, 2.24) is 16.3 Å². The molecule has 8 nitrogen and oxygen atoms in total. The maximum Gasteiger partial charge on any atom is 0.310 e. The van der Waals surface area contributed by atoms with E-state index in [1.807, 2.05) is 18.2 Å². The first kappa shape index (κ1) is 28.4. The summed E-state index contributed by atoms with van der Waals surface area (Å²) < 4.78 is 5.79. The molecule has 8 heteroatoms. The number of aryl methyl sites for hydroxylation is 1.